The lowest BCUT2D eigenvalue weighted by atomic mass is 9.95. The van der Waals surface area contributed by atoms with E-state index in [2.05, 4.69) is 26.5 Å². The lowest BCUT2D eigenvalue weighted by molar-refractivity contribution is 0.0547. The first-order valence-electron chi connectivity index (χ1n) is 15.6. The molecule has 1 aliphatic heterocycles. The average Bonchev–Trinajstić information content (AvgIpc) is 3.54. The molecule has 2 aromatic rings. The summed E-state index contributed by atoms with van der Waals surface area (Å²) in [4.78, 5) is 9.11. The van der Waals surface area contributed by atoms with Crippen molar-refractivity contribution in [3.8, 4) is 18.2 Å². The number of nitrogens with one attached hydrogen (secondary N) is 1. The van der Waals surface area contributed by atoms with Gasteiger partial charge in [0, 0.05) is 35.5 Å². The number of aryl methyl sites for hydroxylation is 2. The summed E-state index contributed by atoms with van der Waals surface area (Å²) >= 11 is 0. The highest BCUT2D eigenvalue weighted by atomic mass is 16.5. The van der Waals surface area contributed by atoms with Gasteiger partial charge in [-0.2, -0.15) is 5.26 Å². The molecular formula is C41H33N7O. The number of nitrogens with zero attached hydrogens (tertiary/aromatic N) is 6. The van der Waals surface area contributed by atoms with E-state index < -0.39 is 0 Å². The Balaban J connectivity index is 1.73. The minimum atomic E-state index is -0.145. The summed E-state index contributed by atoms with van der Waals surface area (Å²) in [7, 11) is 0. The maximum Gasteiger partial charge on any atom is 0.270 e. The van der Waals surface area contributed by atoms with Gasteiger partial charge >= 0.3 is 0 Å². The molecule has 0 amide bonds. The van der Waals surface area contributed by atoms with Crippen LogP contribution >= 0.6 is 0 Å². The number of hydrogen-bond acceptors (Lipinski definition) is 6. The van der Waals surface area contributed by atoms with Gasteiger partial charge in [-0.25, -0.2) is 20.2 Å². The van der Waals surface area contributed by atoms with Crippen molar-refractivity contribution in [2.75, 3.05) is 26.3 Å². The van der Waals surface area contributed by atoms with Crippen LogP contribution in [0.5, 0.6) is 0 Å². The van der Waals surface area contributed by atoms with E-state index in [1.807, 2.05) is 92.7 Å². The first-order valence-corrected chi connectivity index (χ1v) is 15.6. The van der Waals surface area contributed by atoms with Crippen molar-refractivity contribution in [2.24, 2.45) is 0 Å². The van der Waals surface area contributed by atoms with Crippen molar-refractivity contribution in [3.63, 3.8) is 0 Å². The monoisotopic (exact) mass is 639 g/mol. The lowest BCUT2D eigenvalue weighted by Crippen LogP contribution is -2.36. The zero-order valence-electron chi connectivity index (χ0n) is 27.4. The van der Waals surface area contributed by atoms with E-state index in [-0.39, 0.29) is 17.0 Å². The number of hydrogen-bond donors (Lipinski definition) is 1. The minimum Gasteiger partial charge on any atom is -0.378 e. The Morgan fingerprint density at radius 2 is 1.39 bits per heavy atom. The van der Waals surface area contributed by atoms with Crippen LogP contribution in [0, 0.1) is 66.4 Å². The van der Waals surface area contributed by atoms with Crippen LogP contribution in [0.15, 0.2) is 124 Å². The highest BCUT2D eigenvalue weighted by molar-refractivity contribution is 5.94. The van der Waals surface area contributed by atoms with Crippen LogP contribution in [0.4, 0.5) is 0 Å². The molecule has 0 unspecified atom stereocenters. The molecule has 0 bridgehead atoms. The average molecular weight is 640 g/mol. The maximum atomic E-state index is 10.1. The van der Waals surface area contributed by atoms with E-state index in [0.29, 0.717) is 54.1 Å². The third-order valence-electron chi connectivity index (χ3n) is 8.10. The third-order valence-corrected chi connectivity index (χ3v) is 8.10. The normalized spacial score (nSPS) is 16.6. The quantitative estimate of drug-likeness (QED) is 0.128. The van der Waals surface area contributed by atoms with Crippen LogP contribution in [0.2, 0.25) is 0 Å². The highest BCUT2D eigenvalue weighted by Crippen LogP contribution is 2.36. The molecule has 8 heteroatoms. The van der Waals surface area contributed by atoms with Gasteiger partial charge in [0.1, 0.15) is 0 Å². The molecule has 2 aliphatic rings. The van der Waals surface area contributed by atoms with Gasteiger partial charge in [0.2, 0.25) is 0 Å². The molecule has 0 spiro atoms. The predicted molar refractivity (Wildman–Crippen MR) is 191 cm³/mol. The minimum absolute atomic E-state index is 0.110. The Labute approximate surface area is 287 Å². The van der Waals surface area contributed by atoms with Crippen LogP contribution in [-0.4, -0.2) is 37.1 Å². The predicted octanol–water partition coefficient (Wildman–Crippen LogP) is 8.36. The molecule has 1 aliphatic carbocycles. The second-order valence-electron chi connectivity index (χ2n) is 11.2. The molecule has 0 atom stereocenters. The molecule has 0 saturated carbocycles. The molecule has 0 aromatic heterocycles. The number of benzene rings is 2. The van der Waals surface area contributed by atoms with Crippen LogP contribution in [0.3, 0.4) is 0 Å². The lowest BCUT2D eigenvalue weighted by Gasteiger charge is -2.31. The Kier molecular flexibility index (Phi) is 12.4. The number of allylic oxidation sites excluding steroid dienone is 14. The van der Waals surface area contributed by atoms with Gasteiger partial charge in [0.05, 0.1) is 50.1 Å². The maximum absolute atomic E-state index is 10.1. The Morgan fingerprint density at radius 3 is 1.92 bits per heavy atom. The van der Waals surface area contributed by atoms with Crippen molar-refractivity contribution >= 4 is 17.0 Å². The summed E-state index contributed by atoms with van der Waals surface area (Å²) in [6, 6.07) is 20.9. The number of nitriles is 3. The highest BCUT2D eigenvalue weighted by Gasteiger charge is 2.25. The van der Waals surface area contributed by atoms with Crippen molar-refractivity contribution in [1.82, 2.24) is 4.90 Å². The Morgan fingerprint density at radius 1 is 0.816 bits per heavy atom. The van der Waals surface area contributed by atoms with Gasteiger partial charge in [0.15, 0.2) is 0 Å². The molecule has 1 N–H and O–H groups in total. The van der Waals surface area contributed by atoms with Gasteiger partial charge in [-0.3, -0.25) is 5.41 Å². The summed E-state index contributed by atoms with van der Waals surface area (Å²) in [6.07, 6.45) is 12.4. The SMILES string of the molecule is [C-]#[N+]/C(C#N)=C(\C(=C=N)/C=C/C=C1\CCC(/C=C/C=C(C#N)/C(=C(\C#N)[N+]#[C-])c2ccc(C)cc2)=C1N1CCOCC1)c1ccc(C)cc1. The second-order valence-corrected chi connectivity index (χ2v) is 11.2. The van der Waals surface area contributed by atoms with Gasteiger partial charge in [-0.15, -0.1) is 0 Å². The summed E-state index contributed by atoms with van der Waals surface area (Å²) in [5, 5.41) is 37.5. The van der Waals surface area contributed by atoms with Crippen molar-refractivity contribution in [1.29, 1.82) is 21.2 Å². The van der Waals surface area contributed by atoms with E-state index in [4.69, 9.17) is 23.3 Å². The zero-order chi connectivity index (χ0) is 35.2. The molecule has 1 heterocycles. The summed E-state index contributed by atoms with van der Waals surface area (Å²) in [5.41, 5.74) is 7.53. The fourth-order valence-corrected chi connectivity index (χ4v) is 5.67. The Hall–Kier alpha value is -6.72. The van der Waals surface area contributed by atoms with Crippen LogP contribution < -0.4 is 0 Å². The smallest absolute Gasteiger partial charge is 0.270 e. The summed E-state index contributed by atoms with van der Waals surface area (Å²) in [5.74, 6) is 2.43. The Bertz CT molecular complexity index is 2060. The third kappa shape index (κ3) is 8.56. The van der Waals surface area contributed by atoms with Gasteiger partial charge in [-0.05, 0) is 67.0 Å². The topological polar surface area (TPSA) is 116 Å². The first kappa shape index (κ1) is 35.1. The molecule has 49 heavy (non-hydrogen) atoms. The van der Waals surface area contributed by atoms with Crippen LogP contribution in [-0.2, 0) is 4.74 Å². The zero-order valence-corrected chi connectivity index (χ0v) is 27.4. The number of morpholine rings is 1. The van der Waals surface area contributed by atoms with Gasteiger partial charge in [-0.1, -0.05) is 84.0 Å². The van der Waals surface area contributed by atoms with Crippen LogP contribution in [0.25, 0.3) is 20.8 Å². The summed E-state index contributed by atoms with van der Waals surface area (Å²) in [6.45, 7) is 21.6. The molecular weight excluding hydrogens is 606 g/mol. The van der Waals surface area contributed by atoms with E-state index >= 15 is 0 Å². The molecule has 1 saturated heterocycles. The fraction of sp³-hybridized carbons (Fsp3) is 0.195. The molecule has 238 valence electrons. The number of ether oxygens (including phenoxy) is 1. The number of rotatable bonds is 9. The largest absolute Gasteiger partial charge is 0.378 e. The molecule has 8 nitrogen and oxygen atoms in total. The molecule has 4 rings (SSSR count). The molecule has 0 radical (unpaired) electrons. The van der Waals surface area contributed by atoms with Crippen LogP contribution in [0.1, 0.15) is 35.1 Å². The van der Waals surface area contributed by atoms with Crippen molar-refractivity contribution in [3.05, 3.63) is 169 Å². The molecule has 1 fully saturated rings. The standard InChI is InChI=1S/C41H33N7O/c1-29-11-15-31(16-12-29)39(37(27-44)46-3)35(25-42)9-5-7-33-19-20-34(41(33)48-21-23-49-24-22-48)8-6-10-36(26-43)40(38(28-45)47-4)32-17-13-30(2)14-18-32/h5-18,42H,19-24H2,1-2H3/b8-6+,9-5+,33-7+,36-10+,39-37-,40-38+. The summed E-state index contributed by atoms with van der Waals surface area (Å²) < 4.78 is 5.62. The van der Waals surface area contributed by atoms with E-state index in [0.717, 1.165) is 40.8 Å². The second kappa shape index (κ2) is 17.3. The van der Waals surface area contributed by atoms with Crippen molar-refractivity contribution in [2.45, 2.75) is 26.7 Å². The molecule has 2 aromatic carbocycles. The van der Waals surface area contributed by atoms with E-state index in [9.17, 15) is 15.8 Å². The van der Waals surface area contributed by atoms with Gasteiger partial charge in [0.25, 0.3) is 11.4 Å². The van der Waals surface area contributed by atoms with Gasteiger partial charge < -0.3 is 9.64 Å². The van der Waals surface area contributed by atoms with E-state index in [1.54, 1.807) is 18.2 Å². The fourth-order valence-electron chi connectivity index (χ4n) is 5.67. The first-order chi connectivity index (χ1) is 23.9. The van der Waals surface area contributed by atoms with Crippen molar-refractivity contribution < 1.29 is 4.74 Å². The van der Waals surface area contributed by atoms with E-state index in [1.165, 1.54) is 0 Å².